The highest BCUT2D eigenvalue weighted by Gasteiger charge is 2.34. The number of aromatic amines is 1. The van der Waals surface area contributed by atoms with E-state index in [1.165, 1.54) is 6.07 Å². The Bertz CT molecular complexity index is 1260. The molecule has 0 unspecified atom stereocenters. The predicted octanol–water partition coefficient (Wildman–Crippen LogP) is 5.39. The number of benzene rings is 1. The average Bonchev–Trinajstić information content (AvgIpc) is 3.26. The van der Waals surface area contributed by atoms with Gasteiger partial charge < -0.3 is 4.98 Å². The molecular formula is C20H17F3N4OS. The number of imidazole rings is 1. The zero-order valence-electron chi connectivity index (χ0n) is 15.3. The van der Waals surface area contributed by atoms with E-state index in [4.69, 9.17) is 0 Å². The van der Waals surface area contributed by atoms with E-state index in [2.05, 4.69) is 15.0 Å². The van der Waals surface area contributed by atoms with Crippen LogP contribution in [0.3, 0.4) is 0 Å². The van der Waals surface area contributed by atoms with Gasteiger partial charge in [0.25, 0.3) is 0 Å². The molecule has 1 aliphatic rings. The summed E-state index contributed by atoms with van der Waals surface area (Å²) in [5.41, 5.74) is 1.08. The van der Waals surface area contributed by atoms with Gasteiger partial charge in [0.2, 0.25) is 0 Å². The third kappa shape index (κ3) is 3.23. The number of nitrogens with zero attached hydrogens (tertiary/aromatic N) is 3. The fourth-order valence-corrected chi connectivity index (χ4v) is 4.86. The average molecular weight is 418 g/mol. The second kappa shape index (κ2) is 6.69. The second-order valence-corrected chi connectivity index (χ2v) is 8.39. The van der Waals surface area contributed by atoms with E-state index in [-0.39, 0.29) is 16.4 Å². The summed E-state index contributed by atoms with van der Waals surface area (Å²) >= 11 is 1.07. The van der Waals surface area contributed by atoms with E-state index in [0.717, 1.165) is 60.0 Å². The normalized spacial score (nSPS) is 16.1. The highest BCUT2D eigenvalue weighted by Crippen LogP contribution is 2.37. The van der Waals surface area contributed by atoms with E-state index < -0.39 is 11.9 Å². The Morgan fingerprint density at radius 3 is 2.62 bits per heavy atom. The number of thiazole rings is 1. The zero-order valence-corrected chi connectivity index (χ0v) is 16.1. The quantitative estimate of drug-likeness (QED) is 0.475. The van der Waals surface area contributed by atoms with Crippen LogP contribution in [0.1, 0.15) is 49.5 Å². The van der Waals surface area contributed by atoms with Gasteiger partial charge in [0.1, 0.15) is 17.0 Å². The van der Waals surface area contributed by atoms with E-state index in [1.54, 1.807) is 16.7 Å². The first-order chi connectivity index (χ1) is 13.9. The Labute approximate surface area is 167 Å². The molecule has 1 aromatic carbocycles. The summed E-state index contributed by atoms with van der Waals surface area (Å²) in [6.07, 6.45) is 0.695. The number of pyridine rings is 1. The molecule has 0 radical (unpaired) electrons. The van der Waals surface area contributed by atoms with Gasteiger partial charge >= 0.3 is 11.0 Å². The van der Waals surface area contributed by atoms with Crippen molar-refractivity contribution < 1.29 is 13.2 Å². The van der Waals surface area contributed by atoms with Crippen LogP contribution in [-0.4, -0.2) is 19.5 Å². The van der Waals surface area contributed by atoms with Crippen molar-refractivity contribution in [1.29, 1.82) is 0 Å². The van der Waals surface area contributed by atoms with Crippen molar-refractivity contribution >= 4 is 32.7 Å². The lowest BCUT2D eigenvalue weighted by Crippen LogP contribution is -2.12. The molecule has 0 saturated heterocycles. The molecule has 1 aliphatic carbocycles. The van der Waals surface area contributed by atoms with Crippen LogP contribution in [0.4, 0.5) is 13.2 Å². The summed E-state index contributed by atoms with van der Waals surface area (Å²) in [5.74, 6) is 0.918. The molecule has 9 heteroatoms. The van der Waals surface area contributed by atoms with Gasteiger partial charge in [-0.2, -0.15) is 13.2 Å². The summed E-state index contributed by atoms with van der Waals surface area (Å²) in [5, 5.41) is 0. The van der Waals surface area contributed by atoms with Crippen LogP contribution in [0.25, 0.3) is 27.1 Å². The van der Waals surface area contributed by atoms with Crippen LogP contribution in [0.15, 0.2) is 35.1 Å². The van der Waals surface area contributed by atoms with Gasteiger partial charge in [0, 0.05) is 5.92 Å². The Balaban J connectivity index is 1.77. The predicted molar refractivity (Wildman–Crippen MR) is 106 cm³/mol. The number of hydrogen-bond acceptors (Lipinski definition) is 4. The zero-order chi connectivity index (χ0) is 20.2. The van der Waals surface area contributed by atoms with Crippen LogP contribution >= 0.6 is 11.3 Å². The molecule has 0 atom stereocenters. The molecule has 29 heavy (non-hydrogen) atoms. The maximum absolute atomic E-state index is 13.3. The number of hydrogen-bond donors (Lipinski definition) is 1. The fourth-order valence-electron chi connectivity index (χ4n) is 4.10. The number of nitrogens with one attached hydrogen (secondary N) is 1. The summed E-state index contributed by atoms with van der Waals surface area (Å²) in [6.45, 7) is 0. The summed E-state index contributed by atoms with van der Waals surface area (Å²) < 4.78 is 42.4. The number of H-pyrrole nitrogens is 1. The Morgan fingerprint density at radius 2 is 1.86 bits per heavy atom. The molecule has 0 amide bonds. The molecule has 5 nitrogen and oxygen atoms in total. The van der Waals surface area contributed by atoms with Crippen LogP contribution < -0.4 is 4.87 Å². The van der Waals surface area contributed by atoms with Gasteiger partial charge in [-0.15, -0.1) is 0 Å². The van der Waals surface area contributed by atoms with Crippen molar-refractivity contribution in [3.8, 4) is 5.69 Å². The first-order valence-electron chi connectivity index (χ1n) is 9.50. The number of aromatic nitrogens is 4. The van der Waals surface area contributed by atoms with Crippen molar-refractivity contribution in [2.45, 2.75) is 44.2 Å². The van der Waals surface area contributed by atoms with Crippen molar-refractivity contribution in [1.82, 2.24) is 19.5 Å². The lowest BCUT2D eigenvalue weighted by Gasteiger charge is -2.22. The molecule has 0 spiro atoms. The molecular weight excluding hydrogens is 401 g/mol. The maximum atomic E-state index is 13.3. The fraction of sp³-hybridized carbons (Fsp3) is 0.350. The second-order valence-electron chi connectivity index (χ2n) is 7.37. The largest absolute Gasteiger partial charge is 0.433 e. The van der Waals surface area contributed by atoms with Crippen LogP contribution in [0, 0.1) is 0 Å². The molecule has 3 heterocycles. The lowest BCUT2D eigenvalue weighted by molar-refractivity contribution is -0.141. The highest BCUT2D eigenvalue weighted by atomic mass is 32.1. The summed E-state index contributed by atoms with van der Waals surface area (Å²) in [6, 6.07) is 7.74. The maximum Gasteiger partial charge on any atom is 0.433 e. The molecule has 5 rings (SSSR count). The van der Waals surface area contributed by atoms with E-state index in [9.17, 15) is 18.0 Å². The molecule has 150 valence electrons. The molecule has 0 aliphatic heterocycles. The van der Waals surface area contributed by atoms with Gasteiger partial charge in [-0.1, -0.05) is 30.6 Å². The SMILES string of the molecule is O=c1[nH]c2ccc(-n3c(C4CCCCC4)nc4ccc(C(F)(F)F)nc43)cc2s1. The topological polar surface area (TPSA) is 63.6 Å². The minimum atomic E-state index is -4.53. The van der Waals surface area contributed by atoms with E-state index >= 15 is 0 Å². The minimum Gasteiger partial charge on any atom is -0.312 e. The van der Waals surface area contributed by atoms with Gasteiger partial charge in [-0.25, -0.2) is 9.97 Å². The Morgan fingerprint density at radius 1 is 1.07 bits per heavy atom. The molecule has 4 aromatic rings. The van der Waals surface area contributed by atoms with Gasteiger partial charge in [0.15, 0.2) is 5.65 Å². The minimum absolute atomic E-state index is 0.169. The van der Waals surface area contributed by atoms with Crippen molar-refractivity contribution in [3.05, 3.63) is 51.5 Å². The summed E-state index contributed by atoms with van der Waals surface area (Å²) in [7, 11) is 0. The van der Waals surface area contributed by atoms with E-state index in [0.29, 0.717) is 16.7 Å². The summed E-state index contributed by atoms with van der Waals surface area (Å²) in [4.78, 5) is 22.9. The standard InChI is InChI=1S/C20H17F3N4OS/c21-20(22,23)16-9-8-14-18(26-16)27(17(24-14)11-4-2-1-3-5-11)12-6-7-13-15(10-12)29-19(28)25-13/h6-11H,1-5H2,(H,25,28). The first-order valence-corrected chi connectivity index (χ1v) is 10.3. The molecule has 1 saturated carbocycles. The first kappa shape index (κ1) is 18.4. The number of alkyl halides is 3. The van der Waals surface area contributed by atoms with Gasteiger partial charge in [-0.05, 0) is 43.2 Å². The number of fused-ring (bicyclic) bond motifs is 2. The van der Waals surface area contributed by atoms with Crippen molar-refractivity contribution in [2.75, 3.05) is 0 Å². The molecule has 1 fully saturated rings. The van der Waals surface area contributed by atoms with Crippen LogP contribution in [0.5, 0.6) is 0 Å². The third-order valence-corrected chi connectivity index (χ3v) is 6.30. The van der Waals surface area contributed by atoms with Crippen LogP contribution in [-0.2, 0) is 6.18 Å². The Hall–Kier alpha value is -2.68. The van der Waals surface area contributed by atoms with Crippen LogP contribution in [0.2, 0.25) is 0 Å². The smallest absolute Gasteiger partial charge is 0.312 e. The highest BCUT2D eigenvalue weighted by molar-refractivity contribution is 7.16. The lowest BCUT2D eigenvalue weighted by atomic mass is 9.88. The van der Waals surface area contributed by atoms with Crippen molar-refractivity contribution in [2.24, 2.45) is 0 Å². The Kier molecular flexibility index (Phi) is 4.23. The number of rotatable bonds is 2. The molecule has 1 N–H and O–H groups in total. The third-order valence-electron chi connectivity index (χ3n) is 5.45. The van der Waals surface area contributed by atoms with Crippen molar-refractivity contribution in [3.63, 3.8) is 0 Å². The molecule has 0 bridgehead atoms. The van der Waals surface area contributed by atoms with Gasteiger partial charge in [-0.3, -0.25) is 9.36 Å². The monoisotopic (exact) mass is 418 g/mol. The molecule has 3 aromatic heterocycles. The number of halogens is 3. The van der Waals surface area contributed by atoms with E-state index in [1.807, 2.05) is 6.07 Å². The van der Waals surface area contributed by atoms with Gasteiger partial charge in [0.05, 0.1) is 15.9 Å².